The molecule has 0 unspecified atom stereocenters. The van der Waals surface area contributed by atoms with Gasteiger partial charge in [0.1, 0.15) is 0 Å². The molecular weight excluding hydrogens is 344 g/mol. The molecule has 0 saturated carbocycles. The number of anilines is 2. The molecule has 122 valence electrons. The lowest BCUT2D eigenvalue weighted by Crippen LogP contribution is -2.13. The molecule has 0 spiro atoms. The molecule has 0 radical (unpaired) electrons. The lowest BCUT2D eigenvalue weighted by atomic mass is 10.3. The summed E-state index contributed by atoms with van der Waals surface area (Å²) in [6.45, 7) is 0. The van der Waals surface area contributed by atoms with Gasteiger partial charge in [0.15, 0.2) is 0 Å². The molecule has 0 aliphatic rings. The maximum atomic E-state index is 12.3. The first-order valence-corrected chi connectivity index (χ1v) is 9.44. The summed E-state index contributed by atoms with van der Waals surface area (Å²) in [4.78, 5) is 12.7. The van der Waals surface area contributed by atoms with Gasteiger partial charge < -0.3 is 5.32 Å². The van der Waals surface area contributed by atoms with Gasteiger partial charge in [-0.2, -0.15) is 0 Å². The molecule has 3 rings (SSSR count). The molecule has 5 nitrogen and oxygen atoms in total. The van der Waals surface area contributed by atoms with Crippen LogP contribution in [0.2, 0.25) is 0 Å². The molecule has 2 N–H and O–H groups in total. The van der Waals surface area contributed by atoms with Gasteiger partial charge in [0, 0.05) is 11.4 Å². The fourth-order valence-corrected chi connectivity index (χ4v) is 3.72. The van der Waals surface area contributed by atoms with Crippen LogP contribution in [0.5, 0.6) is 0 Å². The van der Waals surface area contributed by atoms with Gasteiger partial charge in [-0.05, 0) is 47.8 Å². The summed E-state index contributed by atoms with van der Waals surface area (Å²) < 4.78 is 27.2. The fourth-order valence-electron chi connectivity index (χ4n) is 2.04. The van der Waals surface area contributed by atoms with E-state index in [1.54, 1.807) is 48.5 Å². The lowest BCUT2D eigenvalue weighted by Gasteiger charge is -2.09. The third-order valence-corrected chi connectivity index (χ3v) is 5.46. The summed E-state index contributed by atoms with van der Waals surface area (Å²) in [5.74, 6) is -0.219. The molecule has 0 bridgehead atoms. The number of carbonyl (C=O) groups excluding carboxylic acids is 1. The quantitative estimate of drug-likeness (QED) is 0.728. The van der Waals surface area contributed by atoms with Crippen molar-refractivity contribution in [3.63, 3.8) is 0 Å². The van der Waals surface area contributed by atoms with E-state index >= 15 is 0 Å². The number of nitrogens with one attached hydrogen (secondary N) is 2. The number of carbonyl (C=O) groups is 1. The van der Waals surface area contributed by atoms with Gasteiger partial charge in [-0.15, -0.1) is 11.3 Å². The molecule has 2 aromatic carbocycles. The van der Waals surface area contributed by atoms with Gasteiger partial charge in [0.2, 0.25) is 0 Å². The molecule has 0 saturated heterocycles. The molecule has 1 heterocycles. The molecular formula is C17H14N2O3S2. The Morgan fingerprint density at radius 1 is 0.833 bits per heavy atom. The zero-order chi connectivity index (χ0) is 17.0. The average Bonchev–Trinajstić information content (AvgIpc) is 3.10. The van der Waals surface area contributed by atoms with Crippen molar-refractivity contribution >= 4 is 38.6 Å². The Kier molecular flexibility index (Phi) is 4.64. The summed E-state index contributed by atoms with van der Waals surface area (Å²) >= 11 is 1.34. The van der Waals surface area contributed by atoms with Crippen molar-refractivity contribution < 1.29 is 13.2 Å². The van der Waals surface area contributed by atoms with Crippen LogP contribution >= 0.6 is 11.3 Å². The van der Waals surface area contributed by atoms with Gasteiger partial charge in [-0.25, -0.2) is 8.42 Å². The number of sulfonamides is 1. The highest BCUT2D eigenvalue weighted by Crippen LogP contribution is 2.19. The van der Waals surface area contributed by atoms with Crippen LogP contribution in [0.25, 0.3) is 0 Å². The Labute approximate surface area is 144 Å². The topological polar surface area (TPSA) is 75.3 Å². The Morgan fingerprint density at radius 3 is 2.17 bits per heavy atom. The van der Waals surface area contributed by atoms with Crippen LogP contribution in [0, 0.1) is 0 Å². The van der Waals surface area contributed by atoms with Crippen LogP contribution in [0.3, 0.4) is 0 Å². The number of rotatable bonds is 5. The third kappa shape index (κ3) is 3.81. The molecule has 7 heteroatoms. The van der Waals surface area contributed by atoms with E-state index in [9.17, 15) is 13.2 Å². The molecule has 24 heavy (non-hydrogen) atoms. The molecule has 1 amide bonds. The predicted molar refractivity (Wildman–Crippen MR) is 96.0 cm³/mol. The van der Waals surface area contributed by atoms with E-state index in [1.807, 2.05) is 11.4 Å². The number of amides is 1. The monoisotopic (exact) mass is 358 g/mol. The van der Waals surface area contributed by atoms with Gasteiger partial charge in [0.05, 0.1) is 9.77 Å². The highest BCUT2D eigenvalue weighted by atomic mass is 32.2. The first kappa shape index (κ1) is 16.2. The van der Waals surface area contributed by atoms with Crippen LogP contribution < -0.4 is 10.0 Å². The highest BCUT2D eigenvalue weighted by molar-refractivity contribution is 7.92. The second-order valence-corrected chi connectivity index (χ2v) is 7.56. The van der Waals surface area contributed by atoms with Crippen molar-refractivity contribution in [1.82, 2.24) is 0 Å². The van der Waals surface area contributed by atoms with Crippen molar-refractivity contribution in [1.29, 1.82) is 0 Å². The number of hydrogen-bond donors (Lipinski definition) is 2. The second kappa shape index (κ2) is 6.86. The molecule has 0 atom stereocenters. The number of thiophene rings is 1. The van der Waals surface area contributed by atoms with Crippen LogP contribution in [0.15, 0.2) is 77.0 Å². The summed E-state index contributed by atoms with van der Waals surface area (Å²) in [5.41, 5.74) is 1.03. The largest absolute Gasteiger partial charge is 0.321 e. The third-order valence-electron chi connectivity index (χ3n) is 3.19. The van der Waals surface area contributed by atoms with Crippen molar-refractivity contribution in [2.45, 2.75) is 4.90 Å². The van der Waals surface area contributed by atoms with Crippen LogP contribution in [0.4, 0.5) is 11.4 Å². The smallest absolute Gasteiger partial charge is 0.265 e. The van der Waals surface area contributed by atoms with E-state index in [-0.39, 0.29) is 10.8 Å². The summed E-state index contributed by atoms with van der Waals surface area (Å²) in [7, 11) is -3.66. The number of para-hydroxylation sites is 1. The highest BCUT2D eigenvalue weighted by Gasteiger charge is 2.14. The minimum Gasteiger partial charge on any atom is -0.321 e. The SMILES string of the molecule is O=C(Nc1ccc(S(=O)(=O)Nc2ccccc2)cc1)c1cccs1. The van der Waals surface area contributed by atoms with E-state index < -0.39 is 10.0 Å². The zero-order valence-corrected chi connectivity index (χ0v) is 14.1. The second-order valence-electron chi connectivity index (χ2n) is 4.93. The van der Waals surface area contributed by atoms with E-state index in [2.05, 4.69) is 10.0 Å². The molecule has 1 aromatic heterocycles. The van der Waals surface area contributed by atoms with Gasteiger partial charge in [-0.3, -0.25) is 9.52 Å². The van der Waals surface area contributed by atoms with Crippen molar-refractivity contribution in [2.24, 2.45) is 0 Å². The summed E-state index contributed by atoms with van der Waals surface area (Å²) in [6, 6.07) is 18.2. The molecule has 0 aliphatic heterocycles. The average molecular weight is 358 g/mol. The normalized spacial score (nSPS) is 11.0. The van der Waals surface area contributed by atoms with E-state index in [0.29, 0.717) is 16.3 Å². The van der Waals surface area contributed by atoms with Crippen LogP contribution in [-0.2, 0) is 10.0 Å². The van der Waals surface area contributed by atoms with Crippen molar-refractivity contribution in [3.05, 3.63) is 77.0 Å². The summed E-state index contributed by atoms with van der Waals surface area (Å²) in [5, 5.41) is 4.55. The Bertz CT molecular complexity index is 920. The predicted octanol–water partition coefficient (Wildman–Crippen LogP) is 3.80. The number of benzene rings is 2. The van der Waals surface area contributed by atoms with E-state index in [4.69, 9.17) is 0 Å². The first-order chi connectivity index (χ1) is 11.5. The maximum Gasteiger partial charge on any atom is 0.265 e. The summed E-state index contributed by atoms with van der Waals surface area (Å²) in [6.07, 6.45) is 0. The van der Waals surface area contributed by atoms with Gasteiger partial charge >= 0.3 is 0 Å². The van der Waals surface area contributed by atoms with Crippen LogP contribution in [-0.4, -0.2) is 14.3 Å². The number of hydrogen-bond acceptors (Lipinski definition) is 4. The molecule has 3 aromatic rings. The Balaban J connectivity index is 1.73. The van der Waals surface area contributed by atoms with Crippen molar-refractivity contribution in [2.75, 3.05) is 10.0 Å². The Hall–Kier alpha value is -2.64. The van der Waals surface area contributed by atoms with Gasteiger partial charge in [-0.1, -0.05) is 24.3 Å². The maximum absolute atomic E-state index is 12.3. The lowest BCUT2D eigenvalue weighted by molar-refractivity contribution is 0.103. The van der Waals surface area contributed by atoms with E-state index in [0.717, 1.165) is 0 Å². The van der Waals surface area contributed by atoms with Crippen molar-refractivity contribution in [3.8, 4) is 0 Å². The molecule has 0 fully saturated rings. The van der Waals surface area contributed by atoms with Gasteiger partial charge in [0.25, 0.3) is 15.9 Å². The van der Waals surface area contributed by atoms with E-state index in [1.165, 1.54) is 23.5 Å². The zero-order valence-electron chi connectivity index (χ0n) is 12.5. The fraction of sp³-hybridized carbons (Fsp3) is 0. The first-order valence-electron chi connectivity index (χ1n) is 7.07. The standard InChI is InChI=1S/C17H14N2O3S2/c20-17(16-7-4-12-23-16)18-13-8-10-15(11-9-13)24(21,22)19-14-5-2-1-3-6-14/h1-12,19H,(H,18,20). The molecule has 0 aliphatic carbocycles. The Morgan fingerprint density at radius 2 is 1.54 bits per heavy atom. The minimum atomic E-state index is -3.66. The van der Waals surface area contributed by atoms with Crippen LogP contribution in [0.1, 0.15) is 9.67 Å². The minimum absolute atomic E-state index is 0.125.